The molecule has 102 valence electrons. The van der Waals surface area contributed by atoms with E-state index >= 15 is 0 Å². The van der Waals surface area contributed by atoms with Gasteiger partial charge in [-0.1, -0.05) is 0 Å². The van der Waals surface area contributed by atoms with Gasteiger partial charge in [0.25, 0.3) is 0 Å². The van der Waals surface area contributed by atoms with Crippen molar-refractivity contribution in [2.75, 3.05) is 12.4 Å². The van der Waals surface area contributed by atoms with E-state index in [0.717, 1.165) is 6.07 Å². The van der Waals surface area contributed by atoms with Crippen molar-refractivity contribution in [2.24, 2.45) is 0 Å². The Balaban J connectivity index is 2.16. The van der Waals surface area contributed by atoms with Gasteiger partial charge in [0.1, 0.15) is 11.9 Å². The summed E-state index contributed by atoms with van der Waals surface area (Å²) in [5.74, 6) is -0.960. The average molecular weight is 274 g/mol. The van der Waals surface area contributed by atoms with Crippen LogP contribution in [-0.4, -0.2) is 13.1 Å². The molecule has 0 aliphatic heterocycles. The Kier molecular flexibility index (Phi) is 4.01. The second-order valence-electron chi connectivity index (χ2n) is 3.92. The third-order valence-electron chi connectivity index (χ3n) is 2.69. The number of esters is 1. The smallest absolute Gasteiger partial charge is 0.374 e. The number of furan rings is 1. The molecule has 0 aliphatic carbocycles. The van der Waals surface area contributed by atoms with Gasteiger partial charge >= 0.3 is 5.97 Å². The predicted molar refractivity (Wildman–Crippen MR) is 68.5 cm³/mol. The Labute approximate surface area is 114 Å². The molecule has 2 aromatic rings. The lowest BCUT2D eigenvalue weighted by atomic mass is 10.1. The topological polar surface area (TPSA) is 75.3 Å². The van der Waals surface area contributed by atoms with E-state index in [1.54, 1.807) is 6.07 Å². The summed E-state index contributed by atoms with van der Waals surface area (Å²) in [6.07, 6.45) is 1.37. The molecule has 0 saturated heterocycles. The van der Waals surface area contributed by atoms with Crippen LogP contribution in [0.4, 0.5) is 10.1 Å². The monoisotopic (exact) mass is 274 g/mol. The predicted octanol–water partition coefficient (Wildman–Crippen LogP) is 2.69. The minimum atomic E-state index is -0.577. The van der Waals surface area contributed by atoms with E-state index in [4.69, 9.17) is 9.68 Å². The van der Waals surface area contributed by atoms with Crippen molar-refractivity contribution in [3.8, 4) is 6.07 Å². The zero-order chi connectivity index (χ0) is 14.5. The number of anilines is 1. The fourth-order valence-corrected chi connectivity index (χ4v) is 1.70. The number of rotatable bonds is 4. The standard InChI is InChI=1S/C14H11FN2O3/c1-19-14(18)13-9(4-5-20-13)8-17-12-3-2-11(15)6-10(12)7-16/h2-6,17H,8H2,1H3. The van der Waals surface area contributed by atoms with Crippen molar-refractivity contribution in [3.05, 3.63) is 53.2 Å². The summed E-state index contributed by atoms with van der Waals surface area (Å²) in [6, 6.07) is 7.37. The first-order valence-electron chi connectivity index (χ1n) is 5.74. The molecule has 1 heterocycles. The molecule has 2 rings (SSSR count). The van der Waals surface area contributed by atoms with Crippen LogP contribution in [0.1, 0.15) is 21.7 Å². The van der Waals surface area contributed by atoms with E-state index in [0.29, 0.717) is 11.3 Å². The molecule has 1 aromatic heterocycles. The molecule has 0 amide bonds. The second kappa shape index (κ2) is 5.89. The maximum atomic E-state index is 13.0. The number of hydrogen-bond acceptors (Lipinski definition) is 5. The highest BCUT2D eigenvalue weighted by Crippen LogP contribution is 2.19. The van der Waals surface area contributed by atoms with Crippen LogP contribution in [0.15, 0.2) is 34.9 Å². The van der Waals surface area contributed by atoms with Gasteiger partial charge in [-0.25, -0.2) is 9.18 Å². The van der Waals surface area contributed by atoms with Gasteiger partial charge in [-0.3, -0.25) is 0 Å². The third kappa shape index (κ3) is 2.78. The van der Waals surface area contributed by atoms with Gasteiger partial charge < -0.3 is 14.5 Å². The molecule has 0 spiro atoms. The van der Waals surface area contributed by atoms with Gasteiger partial charge in [0, 0.05) is 12.1 Å². The van der Waals surface area contributed by atoms with E-state index in [1.165, 1.54) is 25.5 Å². The molecule has 0 aliphatic rings. The Morgan fingerprint density at radius 2 is 2.30 bits per heavy atom. The van der Waals surface area contributed by atoms with Crippen LogP contribution >= 0.6 is 0 Å². The summed E-state index contributed by atoms with van der Waals surface area (Å²) in [5.41, 5.74) is 1.25. The van der Waals surface area contributed by atoms with Crippen LogP contribution in [-0.2, 0) is 11.3 Å². The first-order chi connectivity index (χ1) is 9.65. The summed E-state index contributed by atoms with van der Waals surface area (Å²) in [5, 5.41) is 11.9. The number of methoxy groups -OCH3 is 1. The highest BCUT2D eigenvalue weighted by atomic mass is 19.1. The molecule has 1 aromatic carbocycles. The number of nitrogens with zero attached hydrogens (tertiary/aromatic N) is 1. The van der Waals surface area contributed by atoms with E-state index < -0.39 is 11.8 Å². The minimum Gasteiger partial charge on any atom is -0.463 e. The average Bonchev–Trinajstić information content (AvgIpc) is 2.93. The number of ether oxygens (including phenoxy) is 1. The molecule has 0 unspecified atom stereocenters. The van der Waals surface area contributed by atoms with Crippen LogP contribution in [0.3, 0.4) is 0 Å². The molecule has 0 bridgehead atoms. The van der Waals surface area contributed by atoms with E-state index in [2.05, 4.69) is 10.1 Å². The highest BCUT2D eigenvalue weighted by Gasteiger charge is 2.15. The van der Waals surface area contributed by atoms with Gasteiger partial charge in [0.15, 0.2) is 0 Å². The Morgan fingerprint density at radius 1 is 1.50 bits per heavy atom. The molecule has 20 heavy (non-hydrogen) atoms. The molecule has 0 saturated carbocycles. The summed E-state index contributed by atoms with van der Waals surface area (Å²) in [7, 11) is 1.26. The van der Waals surface area contributed by atoms with Crippen LogP contribution < -0.4 is 5.32 Å². The number of hydrogen-bond donors (Lipinski definition) is 1. The lowest BCUT2D eigenvalue weighted by Crippen LogP contribution is -2.07. The summed E-state index contributed by atoms with van der Waals surface area (Å²) in [6.45, 7) is 0.251. The van der Waals surface area contributed by atoms with E-state index in [-0.39, 0.29) is 17.9 Å². The number of halogens is 1. The maximum absolute atomic E-state index is 13.0. The van der Waals surface area contributed by atoms with Crippen LogP contribution in [0.25, 0.3) is 0 Å². The van der Waals surface area contributed by atoms with Crippen molar-refractivity contribution in [2.45, 2.75) is 6.54 Å². The SMILES string of the molecule is COC(=O)c1occc1CNc1ccc(F)cc1C#N. The third-order valence-corrected chi connectivity index (χ3v) is 2.69. The normalized spacial score (nSPS) is 9.85. The highest BCUT2D eigenvalue weighted by molar-refractivity contribution is 5.87. The second-order valence-corrected chi connectivity index (χ2v) is 3.92. The van der Waals surface area contributed by atoms with Crippen molar-refractivity contribution < 1.29 is 18.3 Å². The van der Waals surface area contributed by atoms with E-state index in [9.17, 15) is 9.18 Å². The van der Waals surface area contributed by atoms with Crippen LogP contribution in [0.2, 0.25) is 0 Å². The van der Waals surface area contributed by atoms with Crippen molar-refractivity contribution in [1.82, 2.24) is 0 Å². The van der Waals surface area contributed by atoms with Gasteiger partial charge in [0.05, 0.1) is 24.6 Å². The van der Waals surface area contributed by atoms with Gasteiger partial charge in [-0.05, 0) is 24.3 Å². The first-order valence-corrected chi connectivity index (χ1v) is 5.74. The van der Waals surface area contributed by atoms with Crippen LogP contribution in [0.5, 0.6) is 0 Å². The Bertz CT molecular complexity index is 673. The number of nitrogens with one attached hydrogen (secondary N) is 1. The van der Waals surface area contributed by atoms with Crippen molar-refractivity contribution in [3.63, 3.8) is 0 Å². The summed E-state index contributed by atoms with van der Waals surface area (Å²) in [4.78, 5) is 11.4. The van der Waals surface area contributed by atoms with Crippen molar-refractivity contribution in [1.29, 1.82) is 5.26 Å². The minimum absolute atomic E-state index is 0.0978. The van der Waals surface area contributed by atoms with Gasteiger partial charge in [-0.2, -0.15) is 5.26 Å². The van der Waals surface area contributed by atoms with Gasteiger partial charge in [-0.15, -0.1) is 0 Å². The Hall–Kier alpha value is -2.81. The molecule has 1 N–H and O–H groups in total. The van der Waals surface area contributed by atoms with Gasteiger partial charge in [0.2, 0.25) is 5.76 Å². The Morgan fingerprint density at radius 3 is 3.00 bits per heavy atom. The maximum Gasteiger partial charge on any atom is 0.374 e. The fourth-order valence-electron chi connectivity index (χ4n) is 1.70. The fraction of sp³-hybridized carbons (Fsp3) is 0.143. The number of nitriles is 1. The lowest BCUT2D eigenvalue weighted by Gasteiger charge is -2.07. The molecule has 0 atom stereocenters. The first kappa shape index (κ1) is 13.6. The number of carbonyl (C=O) groups is 1. The number of benzene rings is 1. The quantitative estimate of drug-likeness (QED) is 0.867. The molecule has 6 heteroatoms. The zero-order valence-corrected chi connectivity index (χ0v) is 10.6. The van der Waals surface area contributed by atoms with E-state index in [1.807, 2.05) is 6.07 Å². The zero-order valence-electron chi connectivity index (χ0n) is 10.6. The molecular weight excluding hydrogens is 263 g/mol. The lowest BCUT2D eigenvalue weighted by molar-refractivity contribution is 0.0563. The summed E-state index contributed by atoms with van der Waals surface area (Å²) < 4.78 is 22.6. The summed E-state index contributed by atoms with van der Waals surface area (Å²) >= 11 is 0. The molecule has 0 fully saturated rings. The largest absolute Gasteiger partial charge is 0.463 e. The van der Waals surface area contributed by atoms with Crippen LogP contribution in [0, 0.1) is 17.1 Å². The molecule has 0 radical (unpaired) electrons. The molecular formula is C14H11FN2O3. The molecule has 5 nitrogen and oxygen atoms in total. The van der Waals surface area contributed by atoms with Crippen molar-refractivity contribution >= 4 is 11.7 Å². The number of carbonyl (C=O) groups excluding carboxylic acids is 1.